The summed E-state index contributed by atoms with van der Waals surface area (Å²) in [5.74, 6) is 0.664. The summed E-state index contributed by atoms with van der Waals surface area (Å²) in [7, 11) is 1.65. The monoisotopic (exact) mass is 435 g/mol. The Labute approximate surface area is 164 Å². The van der Waals surface area contributed by atoms with E-state index in [0.29, 0.717) is 12.3 Å². The SMILES string of the molecule is CN(Cc1ccc(-c2ccc(Br)cc2)o1)C(=O)Cc1c(F)cccc1Cl. The molecule has 0 unspecified atom stereocenters. The van der Waals surface area contributed by atoms with E-state index in [-0.39, 0.29) is 22.9 Å². The van der Waals surface area contributed by atoms with Crippen LogP contribution >= 0.6 is 27.5 Å². The number of amides is 1. The van der Waals surface area contributed by atoms with Crippen molar-refractivity contribution in [1.82, 2.24) is 4.90 Å². The highest BCUT2D eigenvalue weighted by molar-refractivity contribution is 9.10. The van der Waals surface area contributed by atoms with E-state index in [1.54, 1.807) is 13.1 Å². The largest absolute Gasteiger partial charge is 0.459 e. The second-order valence-corrected chi connectivity index (χ2v) is 7.22. The quantitative estimate of drug-likeness (QED) is 0.514. The van der Waals surface area contributed by atoms with Gasteiger partial charge in [-0.25, -0.2) is 4.39 Å². The van der Waals surface area contributed by atoms with Crippen LogP contribution in [0.2, 0.25) is 5.02 Å². The zero-order valence-electron chi connectivity index (χ0n) is 14.0. The minimum atomic E-state index is -0.477. The molecule has 3 aromatic rings. The van der Waals surface area contributed by atoms with Crippen LogP contribution in [0.4, 0.5) is 4.39 Å². The summed E-state index contributed by atoms with van der Waals surface area (Å²) in [6.45, 7) is 0.293. The van der Waals surface area contributed by atoms with Gasteiger partial charge < -0.3 is 9.32 Å². The average molecular weight is 437 g/mol. The number of halogens is 3. The number of hydrogen-bond donors (Lipinski definition) is 0. The number of likely N-dealkylation sites (N-methyl/N-ethyl adjacent to an activating group) is 1. The normalized spacial score (nSPS) is 10.8. The number of furan rings is 1. The van der Waals surface area contributed by atoms with Crippen molar-refractivity contribution in [2.75, 3.05) is 7.05 Å². The molecule has 3 rings (SSSR count). The van der Waals surface area contributed by atoms with Crippen LogP contribution in [0, 0.1) is 5.82 Å². The number of carbonyl (C=O) groups excluding carboxylic acids is 1. The molecule has 0 atom stereocenters. The molecule has 1 aromatic heterocycles. The minimum Gasteiger partial charge on any atom is -0.459 e. The number of hydrogen-bond acceptors (Lipinski definition) is 2. The molecule has 0 aliphatic carbocycles. The Bertz CT molecular complexity index is 904. The van der Waals surface area contributed by atoms with Gasteiger partial charge in [-0.1, -0.05) is 45.7 Å². The summed E-state index contributed by atoms with van der Waals surface area (Å²) in [5, 5.41) is 0.252. The molecule has 0 saturated heterocycles. The summed E-state index contributed by atoms with van der Waals surface area (Å²) >= 11 is 9.39. The summed E-state index contributed by atoms with van der Waals surface area (Å²) in [6.07, 6.45) is -0.0950. The number of carbonyl (C=O) groups is 1. The predicted octanol–water partition coefficient (Wildman–Crippen LogP) is 5.70. The lowest BCUT2D eigenvalue weighted by molar-refractivity contribution is -0.129. The van der Waals surface area contributed by atoms with Gasteiger partial charge in [0, 0.05) is 27.7 Å². The summed E-state index contributed by atoms with van der Waals surface area (Å²) in [4.78, 5) is 13.9. The van der Waals surface area contributed by atoms with Crippen LogP contribution in [0.15, 0.2) is 63.5 Å². The van der Waals surface area contributed by atoms with Crippen LogP contribution in [0.25, 0.3) is 11.3 Å². The van der Waals surface area contributed by atoms with Gasteiger partial charge in [0.1, 0.15) is 17.3 Å². The molecule has 134 valence electrons. The van der Waals surface area contributed by atoms with Crippen molar-refractivity contribution in [2.45, 2.75) is 13.0 Å². The van der Waals surface area contributed by atoms with E-state index >= 15 is 0 Å². The highest BCUT2D eigenvalue weighted by atomic mass is 79.9. The standard InChI is InChI=1S/C20H16BrClFNO2/c1-24(20(25)11-16-17(22)3-2-4-18(16)23)12-15-9-10-19(26-15)13-5-7-14(21)8-6-13/h2-10H,11-12H2,1H3. The molecular weight excluding hydrogens is 421 g/mol. The fourth-order valence-corrected chi connectivity index (χ4v) is 3.04. The molecule has 0 aliphatic heterocycles. The smallest absolute Gasteiger partial charge is 0.227 e. The molecular formula is C20H16BrClFNO2. The molecule has 0 aliphatic rings. The summed E-state index contributed by atoms with van der Waals surface area (Å²) in [5.41, 5.74) is 1.16. The van der Waals surface area contributed by atoms with Crippen LogP contribution in [0.5, 0.6) is 0 Å². The number of benzene rings is 2. The molecule has 0 bridgehead atoms. The van der Waals surface area contributed by atoms with Crippen LogP contribution in [0.3, 0.4) is 0 Å². The highest BCUT2D eigenvalue weighted by Crippen LogP contribution is 2.25. The first-order valence-corrected chi connectivity index (χ1v) is 9.12. The van der Waals surface area contributed by atoms with E-state index in [1.807, 2.05) is 36.4 Å². The molecule has 26 heavy (non-hydrogen) atoms. The van der Waals surface area contributed by atoms with Crippen molar-refractivity contribution in [3.8, 4) is 11.3 Å². The Morgan fingerprint density at radius 3 is 2.58 bits per heavy atom. The average Bonchev–Trinajstić information content (AvgIpc) is 3.07. The first-order chi connectivity index (χ1) is 12.4. The number of rotatable bonds is 5. The van der Waals surface area contributed by atoms with E-state index in [0.717, 1.165) is 15.8 Å². The molecule has 3 nitrogen and oxygen atoms in total. The Kier molecular flexibility index (Phi) is 5.79. The molecule has 0 radical (unpaired) electrons. The lowest BCUT2D eigenvalue weighted by Crippen LogP contribution is -2.28. The van der Waals surface area contributed by atoms with Crippen molar-refractivity contribution in [2.24, 2.45) is 0 Å². The van der Waals surface area contributed by atoms with Crippen LogP contribution in [0.1, 0.15) is 11.3 Å². The minimum absolute atomic E-state index is 0.0950. The van der Waals surface area contributed by atoms with Gasteiger partial charge >= 0.3 is 0 Å². The first-order valence-electron chi connectivity index (χ1n) is 7.95. The maximum atomic E-state index is 13.8. The van der Waals surface area contributed by atoms with Gasteiger partial charge in [0.15, 0.2) is 0 Å². The van der Waals surface area contributed by atoms with Gasteiger partial charge in [-0.15, -0.1) is 0 Å². The lowest BCUT2D eigenvalue weighted by Gasteiger charge is -2.16. The van der Waals surface area contributed by atoms with E-state index < -0.39 is 5.82 Å². The van der Waals surface area contributed by atoms with Crippen LogP contribution < -0.4 is 0 Å². The molecule has 0 fully saturated rings. The number of nitrogens with zero attached hydrogens (tertiary/aromatic N) is 1. The van der Waals surface area contributed by atoms with E-state index in [9.17, 15) is 9.18 Å². The van der Waals surface area contributed by atoms with E-state index in [1.165, 1.54) is 17.0 Å². The Morgan fingerprint density at radius 1 is 1.15 bits per heavy atom. The van der Waals surface area contributed by atoms with Crippen molar-refractivity contribution < 1.29 is 13.6 Å². The Balaban J connectivity index is 1.67. The van der Waals surface area contributed by atoms with Gasteiger partial charge in [0.2, 0.25) is 5.91 Å². The summed E-state index contributed by atoms with van der Waals surface area (Å²) in [6, 6.07) is 15.8. The molecule has 0 N–H and O–H groups in total. The van der Waals surface area contributed by atoms with Gasteiger partial charge in [-0.2, -0.15) is 0 Å². The third kappa shape index (κ3) is 4.34. The van der Waals surface area contributed by atoms with Gasteiger partial charge in [-0.3, -0.25) is 4.79 Å². The van der Waals surface area contributed by atoms with Crippen molar-refractivity contribution in [1.29, 1.82) is 0 Å². The highest BCUT2D eigenvalue weighted by Gasteiger charge is 2.17. The summed E-state index contributed by atoms with van der Waals surface area (Å²) < 4.78 is 20.7. The van der Waals surface area contributed by atoms with E-state index in [2.05, 4.69) is 15.9 Å². The second kappa shape index (κ2) is 8.06. The van der Waals surface area contributed by atoms with Crippen molar-refractivity contribution >= 4 is 33.4 Å². The van der Waals surface area contributed by atoms with Crippen molar-refractivity contribution in [3.05, 3.63) is 81.2 Å². The maximum Gasteiger partial charge on any atom is 0.227 e. The molecule has 6 heteroatoms. The third-order valence-electron chi connectivity index (χ3n) is 4.00. The van der Waals surface area contributed by atoms with Gasteiger partial charge in [0.05, 0.1) is 13.0 Å². The lowest BCUT2D eigenvalue weighted by atomic mass is 10.1. The third-order valence-corrected chi connectivity index (χ3v) is 4.88. The molecule has 1 amide bonds. The van der Waals surface area contributed by atoms with Crippen LogP contribution in [-0.2, 0) is 17.8 Å². The zero-order valence-corrected chi connectivity index (χ0v) is 16.3. The Hall–Kier alpha value is -2.11. The van der Waals surface area contributed by atoms with Crippen molar-refractivity contribution in [3.63, 3.8) is 0 Å². The fraction of sp³-hybridized carbons (Fsp3) is 0.150. The molecule has 0 spiro atoms. The molecule has 2 aromatic carbocycles. The zero-order chi connectivity index (χ0) is 18.7. The second-order valence-electron chi connectivity index (χ2n) is 5.90. The first kappa shape index (κ1) is 18.7. The van der Waals surface area contributed by atoms with E-state index in [4.69, 9.17) is 16.0 Å². The maximum absolute atomic E-state index is 13.8. The fourth-order valence-electron chi connectivity index (χ4n) is 2.54. The predicted molar refractivity (Wildman–Crippen MR) is 103 cm³/mol. The molecule has 1 heterocycles. The molecule has 0 saturated carbocycles. The Morgan fingerprint density at radius 2 is 1.88 bits per heavy atom. The van der Waals surface area contributed by atoms with Crippen LogP contribution in [-0.4, -0.2) is 17.9 Å². The van der Waals surface area contributed by atoms with Gasteiger partial charge in [0.25, 0.3) is 0 Å². The van der Waals surface area contributed by atoms with Gasteiger partial charge in [-0.05, 0) is 36.4 Å². The topological polar surface area (TPSA) is 33.5 Å².